The number of nitrogens with zero attached hydrogens (tertiary/aromatic N) is 3. The summed E-state index contributed by atoms with van der Waals surface area (Å²) >= 11 is 3.45. The SMILES string of the molecule is CCNC(=NCc1cn2cc(Br)ccc2n1)NCCOC. The lowest BCUT2D eigenvalue weighted by molar-refractivity contribution is 0.203. The number of imidazole rings is 1. The second-order valence-corrected chi connectivity index (χ2v) is 5.38. The molecule has 0 saturated carbocycles. The number of pyridine rings is 1. The number of aliphatic imine (C=N–C) groups is 1. The number of halogens is 1. The molecule has 0 fully saturated rings. The van der Waals surface area contributed by atoms with E-state index in [0.29, 0.717) is 13.2 Å². The standard InChI is InChI=1S/C14H20BrN5O/c1-3-16-14(17-6-7-21-2)18-8-12-10-20-9-11(15)4-5-13(20)19-12/h4-5,9-10H,3,6-8H2,1-2H3,(H2,16,17,18). The van der Waals surface area contributed by atoms with Crippen LogP contribution in [0.15, 0.2) is 34.0 Å². The predicted molar refractivity (Wildman–Crippen MR) is 87.6 cm³/mol. The fourth-order valence-corrected chi connectivity index (χ4v) is 2.22. The molecule has 2 N–H and O–H groups in total. The molecule has 0 unspecified atom stereocenters. The van der Waals surface area contributed by atoms with Crippen LogP contribution in [-0.2, 0) is 11.3 Å². The lowest BCUT2D eigenvalue weighted by Gasteiger charge is -2.10. The molecule has 0 aliphatic carbocycles. The van der Waals surface area contributed by atoms with Crippen LogP contribution in [-0.4, -0.2) is 42.2 Å². The molecule has 0 aliphatic heterocycles. The monoisotopic (exact) mass is 353 g/mol. The van der Waals surface area contributed by atoms with Crippen LogP contribution in [0, 0.1) is 0 Å². The normalized spacial score (nSPS) is 11.9. The van der Waals surface area contributed by atoms with E-state index in [1.54, 1.807) is 7.11 Å². The lowest BCUT2D eigenvalue weighted by atomic mass is 10.5. The molecule has 0 amide bonds. The Morgan fingerprint density at radius 1 is 1.38 bits per heavy atom. The summed E-state index contributed by atoms with van der Waals surface area (Å²) in [4.78, 5) is 9.06. The fraction of sp³-hybridized carbons (Fsp3) is 0.429. The minimum Gasteiger partial charge on any atom is -0.383 e. The van der Waals surface area contributed by atoms with Gasteiger partial charge in [-0.25, -0.2) is 9.98 Å². The molecule has 21 heavy (non-hydrogen) atoms. The van der Waals surface area contributed by atoms with Gasteiger partial charge in [-0.15, -0.1) is 0 Å². The molecular weight excluding hydrogens is 334 g/mol. The van der Waals surface area contributed by atoms with Gasteiger partial charge in [0.05, 0.1) is 18.8 Å². The quantitative estimate of drug-likeness (QED) is 0.472. The molecule has 0 atom stereocenters. The Labute approximate surface area is 132 Å². The van der Waals surface area contributed by atoms with Crippen LogP contribution in [0.4, 0.5) is 0 Å². The van der Waals surface area contributed by atoms with Crippen LogP contribution in [0.3, 0.4) is 0 Å². The first-order chi connectivity index (χ1) is 10.2. The van der Waals surface area contributed by atoms with Gasteiger partial charge < -0.3 is 19.8 Å². The summed E-state index contributed by atoms with van der Waals surface area (Å²) in [5.41, 5.74) is 1.85. The average molecular weight is 354 g/mol. The summed E-state index contributed by atoms with van der Waals surface area (Å²) in [5, 5.41) is 6.40. The smallest absolute Gasteiger partial charge is 0.191 e. The molecule has 0 aromatic carbocycles. The highest BCUT2D eigenvalue weighted by Crippen LogP contribution is 2.12. The molecule has 6 nitrogen and oxygen atoms in total. The molecule has 2 aromatic rings. The van der Waals surface area contributed by atoms with E-state index in [-0.39, 0.29) is 0 Å². The minimum atomic E-state index is 0.529. The average Bonchev–Trinajstić information content (AvgIpc) is 2.87. The number of rotatable bonds is 6. The van der Waals surface area contributed by atoms with Gasteiger partial charge in [-0.3, -0.25) is 0 Å². The maximum atomic E-state index is 5.02. The number of hydrogen-bond acceptors (Lipinski definition) is 3. The number of methoxy groups -OCH3 is 1. The first kappa shape index (κ1) is 15.8. The maximum absolute atomic E-state index is 5.02. The molecule has 7 heteroatoms. The number of aromatic nitrogens is 2. The van der Waals surface area contributed by atoms with Crippen LogP contribution < -0.4 is 10.6 Å². The van der Waals surface area contributed by atoms with Crippen LogP contribution in [0.2, 0.25) is 0 Å². The van der Waals surface area contributed by atoms with Gasteiger partial charge in [0.15, 0.2) is 5.96 Å². The van der Waals surface area contributed by atoms with E-state index in [1.165, 1.54) is 0 Å². The second kappa shape index (κ2) is 7.99. The van der Waals surface area contributed by atoms with Crippen molar-refractivity contribution in [3.63, 3.8) is 0 Å². The van der Waals surface area contributed by atoms with Crippen molar-refractivity contribution in [2.45, 2.75) is 13.5 Å². The summed E-state index contributed by atoms with van der Waals surface area (Å²) in [5.74, 6) is 0.771. The van der Waals surface area contributed by atoms with Gasteiger partial charge >= 0.3 is 0 Å². The highest BCUT2D eigenvalue weighted by molar-refractivity contribution is 9.10. The Bertz CT molecular complexity index is 610. The van der Waals surface area contributed by atoms with Gasteiger partial charge in [0.25, 0.3) is 0 Å². The predicted octanol–water partition coefficient (Wildman–Crippen LogP) is 1.80. The van der Waals surface area contributed by atoms with E-state index in [2.05, 4.69) is 36.5 Å². The Morgan fingerprint density at radius 3 is 3.00 bits per heavy atom. The Morgan fingerprint density at radius 2 is 2.24 bits per heavy atom. The molecule has 2 heterocycles. The Balaban J connectivity index is 2.04. The molecule has 2 rings (SSSR count). The number of fused-ring (bicyclic) bond motifs is 1. The molecule has 114 valence electrons. The van der Waals surface area contributed by atoms with Crippen molar-refractivity contribution in [3.8, 4) is 0 Å². The van der Waals surface area contributed by atoms with Gasteiger partial charge in [-0.2, -0.15) is 0 Å². The van der Waals surface area contributed by atoms with E-state index in [0.717, 1.165) is 34.9 Å². The minimum absolute atomic E-state index is 0.529. The molecule has 2 aromatic heterocycles. The number of nitrogens with one attached hydrogen (secondary N) is 2. The largest absolute Gasteiger partial charge is 0.383 e. The zero-order valence-corrected chi connectivity index (χ0v) is 13.9. The van der Waals surface area contributed by atoms with Crippen molar-refractivity contribution in [1.82, 2.24) is 20.0 Å². The summed E-state index contributed by atoms with van der Waals surface area (Å²) < 4.78 is 8.03. The molecule has 0 saturated heterocycles. The van der Waals surface area contributed by atoms with Gasteiger partial charge in [0, 0.05) is 37.1 Å². The second-order valence-electron chi connectivity index (χ2n) is 4.46. The molecule has 0 aliphatic rings. The molecule has 0 radical (unpaired) electrons. The van der Waals surface area contributed by atoms with Gasteiger partial charge in [0.2, 0.25) is 0 Å². The first-order valence-corrected chi connectivity index (χ1v) is 7.66. The summed E-state index contributed by atoms with van der Waals surface area (Å²) in [6.07, 6.45) is 3.97. The first-order valence-electron chi connectivity index (χ1n) is 6.87. The molecule has 0 bridgehead atoms. The van der Waals surface area contributed by atoms with Crippen molar-refractivity contribution in [1.29, 1.82) is 0 Å². The van der Waals surface area contributed by atoms with Crippen molar-refractivity contribution in [2.75, 3.05) is 26.8 Å². The number of ether oxygens (including phenoxy) is 1. The number of guanidine groups is 1. The summed E-state index contributed by atoms with van der Waals surface area (Å²) in [6.45, 7) is 4.75. The third-order valence-corrected chi connectivity index (χ3v) is 3.28. The summed E-state index contributed by atoms with van der Waals surface area (Å²) in [6, 6.07) is 3.95. The van der Waals surface area contributed by atoms with E-state index in [9.17, 15) is 0 Å². The van der Waals surface area contributed by atoms with Gasteiger partial charge in [0.1, 0.15) is 5.65 Å². The van der Waals surface area contributed by atoms with Crippen LogP contribution in [0.5, 0.6) is 0 Å². The van der Waals surface area contributed by atoms with Crippen molar-refractivity contribution in [2.24, 2.45) is 4.99 Å². The lowest BCUT2D eigenvalue weighted by Crippen LogP contribution is -2.38. The zero-order valence-electron chi connectivity index (χ0n) is 12.3. The van der Waals surface area contributed by atoms with Crippen molar-refractivity contribution >= 4 is 27.5 Å². The van der Waals surface area contributed by atoms with E-state index >= 15 is 0 Å². The van der Waals surface area contributed by atoms with Crippen molar-refractivity contribution < 1.29 is 4.74 Å². The maximum Gasteiger partial charge on any atom is 0.191 e. The Kier molecular flexibility index (Phi) is 6.01. The van der Waals surface area contributed by atoms with Gasteiger partial charge in [-0.05, 0) is 35.0 Å². The highest BCUT2D eigenvalue weighted by atomic mass is 79.9. The third-order valence-electron chi connectivity index (χ3n) is 2.81. The van der Waals surface area contributed by atoms with Crippen LogP contribution >= 0.6 is 15.9 Å². The zero-order chi connectivity index (χ0) is 15.1. The van der Waals surface area contributed by atoms with E-state index in [1.807, 2.05) is 35.9 Å². The molecular formula is C14H20BrN5O. The van der Waals surface area contributed by atoms with Gasteiger partial charge in [-0.1, -0.05) is 0 Å². The summed E-state index contributed by atoms with van der Waals surface area (Å²) in [7, 11) is 1.68. The van der Waals surface area contributed by atoms with Crippen LogP contribution in [0.1, 0.15) is 12.6 Å². The topological polar surface area (TPSA) is 63.0 Å². The Hall–Kier alpha value is -1.60. The van der Waals surface area contributed by atoms with E-state index < -0.39 is 0 Å². The number of hydrogen-bond donors (Lipinski definition) is 2. The fourth-order valence-electron chi connectivity index (χ4n) is 1.87. The highest BCUT2D eigenvalue weighted by Gasteiger charge is 2.02. The van der Waals surface area contributed by atoms with Crippen LogP contribution in [0.25, 0.3) is 5.65 Å². The van der Waals surface area contributed by atoms with E-state index in [4.69, 9.17) is 4.74 Å². The molecule has 0 spiro atoms. The van der Waals surface area contributed by atoms with Crippen molar-refractivity contribution in [3.05, 3.63) is 34.7 Å². The third kappa shape index (κ3) is 4.71.